The number of alkyl halides is 1. The van der Waals surface area contributed by atoms with Gasteiger partial charge < -0.3 is 4.48 Å². The molecule has 2 unspecified atom stereocenters. The van der Waals surface area contributed by atoms with Gasteiger partial charge in [-0.25, -0.2) is 0 Å². The topological polar surface area (TPSA) is 0 Å². The number of hydrogen-bond acceptors (Lipinski definition) is 0. The maximum atomic E-state index is 5.74. The summed E-state index contributed by atoms with van der Waals surface area (Å²) in [5.41, 5.74) is 0. The molecule has 1 nitrogen and oxygen atoms in total. The summed E-state index contributed by atoms with van der Waals surface area (Å²) in [6.45, 7) is 4.44. The van der Waals surface area contributed by atoms with E-state index in [1.54, 1.807) is 0 Å². The Hall–Kier alpha value is 0.250. The van der Waals surface area contributed by atoms with Crippen LogP contribution in [-0.2, 0) is 0 Å². The third-order valence-electron chi connectivity index (χ3n) is 2.29. The van der Waals surface area contributed by atoms with Gasteiger partial charge in [-0.15, -0.1) is 11.6 Å². The monoisotopic (exact) mass is 164 g/mol. The minimum atomic E-state index is 0.599. The Labute approximate surface area is 69.6 Å². The lowest BCUT2D eigenvalue weighted by Crippen LogP contribution is -2.47. The molecule has 0 bridgehead atoms. The number of quaternary nitrogens is 1. The van der Waals surface area contributed by atoms with Crippen molar-refractivity contribution in [2.75, 3.05) is 27.0 Å². The van der Waals surface area contributed by atoms with E-state index in [2.05, 4.69) is 35.0 Å². The summed E-state index contributed by atoms with van der Waals surface area (Å²) in [6, 6.07) is 0.637. The van der Waals surface area contributed by atoms with E-state index in [-0.39, 0.29) is 0 Å². The van der Waals surface area contributed by atoms with E-state index < -0.39 is 0 Å². The van der Waals surface area contributed by atoms with E-state index in [0.717, 1.165) is 10.4 Å². The zero-order valence-corrected chi connectivity index (χ0v) is 8.44. The number of halogens is 1. The molecule has 0 aliphatic heterocycles. The van der Waals surface area contributed by atoms with E-state index >= 15 is 0 Å². The van der Waals surface area contributed by atoms with Crippen LogP contribution in [-0.4, -0.2) is 37.5 Å². The largest absolute Gasteiger partial charge is 0.328 e. The first-order chi connectivity index (χ1) is 4.39. The van der Waals surface area contributed by atoms with Gasteiger partial charge in [0.15, 0.2) is 0 Å². The van der Waals surface area contributed by atoms with Crippen molar-refractivity contribution in [2.24, 2.45) is 5.92 Å². The van der Waals surface area contributed by atoms with Gasteiger partial charge in [0.25, 0.3) is 0 Å². The molecule has 0 aliphatic carbocycles. The van der Waals surface area contributed by atoms with Crippen LogP contribution in [0.1, 0.15) is 13.8 Å². The fourth-order valence-corrected chi connectivity index (χ4v) is 1.15. The van der Waals surface area contributed by atoms with Crippen LogP contribution in [0.25, 0.3) is 0 Å². The van der Waals surface area contributed by atoms with Crippen molar-refractivity contribution in [2.45, 2.75) is 19.9 Å². The Morgan fingerprint density at radius 3 is 1.70 bits per heavy atom. The third kappa shape index (κ3) is 2.89. The summed E-state index contributed by atoms with van der Waals surface area (Å²) in [5, 5.41) is 0. The molecule has 10 heavy (non-hydrogen) atoms. The predicted molar refractivity (Wildman–Crippen MR) is 47.4 cm³/mol. The molecule has 0 aromatic heterocycles. The summed E-state index contributed by atoms with van der Waals surface area (Å²) >= 11 is 5.74. The SMILES string of the molecule is CC(CCl)C(C)[N+](C)(C)C. The van der Waals surface area contributed by atoms with Gasteiger partial charge in [-0.3, -0.25) is 0 Å². The van der Waals surface area contributed by atoms with Gasteiger partial charge in [0.1, 0.15) is 0 Å². The van der Waals surface area contributed by atoms with Gasteiger partial charge in [-0.1, -0.05) is 6.92 Å². The van der Waals surface area contributed by atoms with Gasteiger partial charge in [0.2, 0.25) is 0 Å². The Morgan fingerprint density at radius 2 is 1.60 bits per heavy atom. The first kappa shape index (κ1) is 10.2. The van der Waals surface area contributed by atoms with E-state index in [9.17, 15) is 0 Å². The molecule has 0 radical (unpaired) electrons. The third-order valence-corrected chi connectivity index (χ3v) is 2.78. The lowest BCUT2D eigenvalue weighted by Gasteiger charge is -2.34. The molecule has 0 amide bonds. The van der Waals surface area contributed by atoms with Crippen LogP contribution >= 0.6 is 11.6 Å². The fourth-order valence-electron chi connectivity index (χ4n) is 0.892. The summed E-state index contributed by atoms with van der Waals surface area (Å²) in [5.74, 6) is 1.36. The normalized spacial score (nSPS) is 18.6. The van der Waals surface area contributed by atoms with Crippen molar-refractivity contribution in [1.29, 1.82) is 0 Å². The second kappa shape index (κ2) is 3.59. The lowest BCUT2D eigenvalue weighted by molar-refractivity contribution is -0.897. The van der Waals surface area contributed by atoms with Crippen LogP contribution in [0.2, 0.25) is 0 Å². The van der Waals surface area contributed by atoms with Crippen molar-refractivity contribution in [3.05, 3.63) is 0 Å². The van der Waals surface area contributed by atoms with E-state index in [1.165, 1.54) is 0 Å². The van der Waals surface area contributed by atoms with Crippen LogP contribution in [0.4, 0.5) is 0 Å². The molecule has 0 heterocycles. The molecule has 0 saturated heterocycles. The van der Waals surface area contributed by atoms with Gasteiger partial charge >= 0.3 is 0 Å². The average molecular weight is 165 g/mol. The van der Waals surface area contributed by atoms with Crippen molar-refractivity contribution >= 4 is 11.6 Å². The van der Waals surface area contributed by atoms with E-state index in [0.29, 0.717) is 12.0 Å². The highest BCUT2D eigenvalue weighted by Crippen LogP contribution is 2.13. The lowest BCUT2D eigenvalue weighted by atomic mass is 10.0. The van der Waals surface area contributed by atoms with Crippen LogP contribution < -0.4 is 0 Å². The summed E-state index contributed by atoms with van der Waals surface area (Å²) < 4.78 is 0.994. The molecule has 62 valence electrons. The van der Waals surface area contributed by atoms with Crippen LogP contribution in [0.15, 0.2) is 0 Å². The Bertz CT molecular complexity index is 95.9. The fraction of sp³-hybridized carbons (Fsp3) is 1.00. The maximum Gasteiger partial charge on any atom is 0.0892 e. The standard InChI is InChI=1S/C8H19ClN/c1-7(6-9)8(2)10(3,4)5/h7-8H,6H2,1-5H3/q+1. The summed E-state index contributed by atoms with van der Waals surface area (Å²) in [4.78, 5) is 0. The zero-order chi connectivity index (χ0) is 8.36. The van der Waals surface area contributed by atoms with Gasteiger partial charge in [-0.05, 0) is 6.92 Å². The molecule has 0 aromatic rings. The van der Waals surface area contributed by atoms with Crippen molar-refractivity contribution in [3.8, 4) is 0 Å². The molecule has 0 spiro atoms. The van der Waals surface area contributed by atoms with E-state index in [1.807, 2.05) is 0 Å². The number of rotatable bonds is 3. The first-order valence-electron chi connectivity index (χ1n) is 3.76. The maximum absolute atomic E-state index is 5.74. The van der Waals surface area contributed by atoms with Gasteiger partial charge in [-0.2, -0.15) is 0 Å². The molecule has 0 fully saturated rings. The van der Waals surface area contributed by atoms with Crippen LogP contribution in [0.5, 0.6) is 0 Å². The van der Waals surface area contributed by atoms with Crippen LogP contribution in [0.3, 0.4) is 0 Å². The average Bonchev–Trinajstić information content (AvgIpc) is 1.83. The number of nitrogens with zero attached hydrogens (tertiary/aromatic N) is 1. The van der Waals surface area contributed by atoms with Gasteiger partial charge in [0, 0.05) is 11.8 Å². The second-order valence-electron chi connectivity index (χ2n) is 3.99. The quantitative estimate of drug-likeness (QED) is 0.442. The molecule has 0 saturated carbocycles. The zero-order valence-electron chi connectivity index (χ0n) is 7.69. The minimum absolute atomic E-state index is 0.599. The van der Waals surface area contributed by atoms with Crippen molar-refractivity contribution in [3.63, 3.8) is 0 Å². The van der Waals surface area contributed by atoms with E-state index in [4.69, 9.17) is 11.6 Å². The Balaban J connectivity index is 3.94. The molecule has 0 N–H and O–H groups in total. The second-order valence-corrected chi connectivity index (χ2v) is 4.30. The first-order valence-corrected chi connectivity index (χ1v) is 4.30. The molecule has 0 rings (SSSR count). The highest BCUT2D eigenvalue weighted by atomic mass is 35.5. The highest BCUT2D eigenvalue weighted by molar-refractivity contribution is 6.18. The van der Waals surface area contributed by atoms with Gasteiger partial charge in [0.05, 0.1) is 27.2 Å². The molecule has 2 atom stereocenters. The molecule has 2 heteroatoms. The van der Waals surface area contributed by atoms with Crippen molar-refractivity contribution in [1.82, 2.24) is 0 Å². The Kier molecular flexibility index (Phi) is 3.68. The molecular formula is C8H19ClN+. The summed E-state index contributed by atoms with van der Waals surface area (Å²) in [6.07, 6.45) is 0. The predicted octanol–water partition coefficient (Wildman–Crippen LogP) is 1.96. The molecular weight excluding hydrogens is 146 g/mol. The highest BCUT2D eigenvalue weighted by Gasteiger charge is 2.23. The number of hydrogen-bond donors (Lipinski definition) is 0. The summed E-state index contributed by atoms with van der Waals surface area (Å²) in [7, 11) is 6.61. The van der Waals surface area contributed by atoms with Crippen LogP contribution in [0, 0.1) is 5.92 Å². The smallest absolute Gasteiger partial charge is 0.0892 e. The Morgan fingerprint density at radius 1 is 1.20 bits per heavy atom. The minimum Gasteiger partial charge on any atom is -0.328 e. The molecule has 0 aromatic carbocycles. The molecule has 0 aliphatic rings. The van der Waals surface area contributed by atoms with Crippen molar-refractivity contribution < 1.29 is 4.48 Å².